The van der Waals surface area contributed by atoms with Crippen LogP contribution in [0.25, 0.3) is 0 Å². The van der Waals surface area contributed by atoms with Crippen LogP contribution in [0.1, 0.15) is 11.1 Å². The van der Waals surface area contributed by atoms with Crippen molar-refractivity contribution in [2.45, 2.75) is 11.8 Å². The van der Waals surface area contributed by atoms with Crippen LogP contribution in [0.4, 0.5) is 17.1 Å². The van der Waals surface area contributed by atoms with Gasteiger partial charge in [-0.3, -0.25) is 24.2 Å². The Balaban J connectivity index is 1.50. The summed E-state index contributed by atoms with van der Waals surface area (Å²) in [7, 11) is 1.57. The number of aryl methyl sites for hydroxylation is 1. The van der Waals surface area contributed by atoms with E-state index in [1.165, 1.54) is 16.7 Å². The third-order valence-corrected chi connectivity index (χ3v) is 7.38. The summed E-state index contributed by atoms with van der Waals surface area (Å²) in [6.07, 6.45) is 0. The van der Waals surface area contributed by atoms with Crippen LogP contribution in [0, 0.1) is 6.92 Å². The maximum atomic E-state index is 14.0. The van der Waals surface area contributed by atoms with Crippen molar-refractivity contribution in [2.75, 3.05) is 34.5 Å². The number of amides is 3. The molecule has 1 spiro atoms. The number of anilines is 3. The Bertz CT molecular complexity index is 1290. The van der Waals surface area contributed by atoms with E-state index in [2.05, 4.69) is 5.32 Å². The third-order valence-electron chi connectivity index (χ3n) is 6.00. The molecule has 1 atom stereocenters. The molecule has 1 fully saturated rings. The van der Waals surface area contributed by atoms with Crippen molar-refractivity contribution in [3.05, 3.63) is 83.9 Å². The molecule has 3 amide bonds. The second kappa shape index (κ2) is 8.53. The number of nitrogens with one attached hydrogen (secondary N) is 1. The average Bonchev–Trinajstić information content (AvgIpc) is 3.30. The van der Waals surface area contributed by atoms with E-state index in [-0.39, 0.29) is 30.0 Å². The van der Waals surface area contributed by atoms with E-state index in [1.54, 1.807) is 36.3 Å². The monoisotopic (exact) mass is 473 g/mol. The van der Waals surface area contributed by atoms with Gasteiger partial charge in [0.05, 0.1) is 18.6 Å². The third kappa shape index (κ3) is 3.51. The minimum Gasteiger partial charge on any atom is -0.497 e. The van der Waals surface area contributed by atoms with Gasteiger partial charge in [-0.1, -0.05) is 30.3 Å². The van der Waals surface area contributed by atoms with Gasteiger partial charge in [-0.2, -0.15) is 0 Å². The maximum absolute atomic E-state index is 14.0. The number of nitrogens with zero attached hydrogens (tertiary/aromatic N) is 2. The number of rotatable bonds is 5. The van der Waals surface area contributed by atoms with Gasteiger partial charge >= 0.3 is 0 Å². The highest BCUT2D eigenvalue weighted by molar-refractivity contribution is 8.02. The minimum absolute atomic E-state index is 0.156. The van der Waals surface area contributed by atoms with E-state index in [1.807, 2.05) is 55.5 Å². The summed E-state index contributed by atoms with van der Waals surface area (Å²) < 4.78 is 5.24. The average molecular weight is 474 g/mol. The summed E-state index contributed by atoms with van der Waals surface area (Å²) >= 11 is 1.28. The van der Waals surface area contributed by atoms with Crippen molar-refractivity contribution < 1.29 is 19.1 Å². The summed E-state index contributed by atoms with van der Waals surface area (Å²) in [5.74, 6) is 0.0417. The number of carbonyl (C=O) groups is 3. The zero-order valence-corrected chi connectivity index (χ0v) is 19.6. The highest BCUT2D eigenvalue weighted by Crippen LogP contribution is 2.55. The van der Waals surface area contributed by atoms with Crippen molar-refractivity contribution >= 4 is 46.5 Å². The van der Waals surface area contributed by atoms with Crippen LogP contribution in [0.2, 0.25) is 0 Å². The summed E-state index contributed by atoms with van der Waals surface area (Å²) in [5.41, 5.74) is 3.63. The zero-order chi connectivity index (χ0) is 23.9. The van der Waals surface area contributed by atoms with Gasteiger partial charge in [0, 0.05) is 16.9 Å². The number of carbonyl (C=O) groups excluding carboxylic acids is 3. The van der Waals surface area contributed by atoms with Gasteiger partial charge in [0.2, 0.25) is 16.7 Å². The van der Waals surface area contributed by atoms with E-state index < -0.39 is 4.87 Å². The summed E-state index contributed by atoms with van der Waals surface area (Å²) in [4.78, 5) is 41.7. The highest BCUT2D eigenvalue weighted by atomic mass is 32.2. The van der Waals surface area contributed by atoms with E-state index >= 15 is 0 Å². The molecule has 1 saturated heterocycles. The second-order valence-electron chi connectivity index (χ2n) is 8.19. The predicted molar refractivity (Wildman–Crippen MR) is 133 cm³/mol. The summed E-state index contributed by atoms with van der Waals surface area (Å²) in [6, 6.07) is 21.9. The number of hydrogen-bond acceptors (Lipinski definition) is 5. The van der Waals surface area contributed by atoms with Crippen molar-refractivity contribution in [3.8, 4) is 5.75 Å². The molecule has 3 aromatic rings. The van der Waals surface area contributed by atoms with Crippen LogP contribution in [0.5, 0.6) is 5.75 Å². The fourth-order valence-electron chi connectivity index (χ4n) is 4.51. The number of fused-ring (bicyclic) bond motifs is 2. The summed E-state index contributed by atoms with van der Waals surface area (Å²) in [6.45, 7) is 1.79. The Labute approximate surface area is 201 Å². The fourth-order valence-corrected chi connectivity index (χ4v) is 5.87. The van der Waals surface area contributed by atoms with E-state index in [4.69, 9.17) is 4.74 Å². The van der Waals surface area contributed by atoms with Crippen LogP contribution in [0.15, 0.2) is 72.8 Å². The van der Waals surface area contributed by atoms with Crippen LogP contribution < -0.4 is 19.9 Å². The number of thioether (sulfide) groups is 1. The van der Waals surface area contributed by atoms with Crippen molar-refractivity contribution in [1.29, 1.82) is 0 Å². The molecule has 0 aliphatic carbocycles. The molecule has 2 aliphatic rings. The molecule has 0 bridgehead atoms. The standard InChI is InChI=1S/C26H23N3O4S/c1-17-6-5-7-18(14-17)27-23(30)15-28-22-9-4-3-8-21(22)26(25(28)32)29(24(31)16-34-26)19-10-12-20(33-2)13-11-19/h3-14H,15-16H2,1-2H3,(H,27,30). The second-order valence-corrected chi connectivity index (χ2v) is 9.35. The predicted octanol–water partition coefficient (Wildman–Crippen LogP) is 3.92. The Morgan fingerprint density at radius 2 is 1.82 bits per heavy atom. The first-order valence-electron chi connectivity index (χ1n) is 10.8. The van der Waals surface area contributed by atoms with Gasteiger partial charge in [-0.05, 0) is 55.0 Å². The van der Waals surface area contributed by atoms with Crippen molar-refractivity contribution in [1.82, 2.24) is 0 Å². The molecule has 5 rings (SSSR count). The molecule has 8 heteroatoms. The maximum Gasteiger partial charge on any atom is 0.269 e. The molecular formula is C26H23N3O4S. The molecule has 1 unspecified atom stereocenters. The Morgan fingerprint density at radius 3 is 2.56 bits per heavy atom. The quantitative estimate of drug-likeness (QED) is 0.608. The lowest BCUT2D eigenvalue weighted by Gasteiger charge is -2.33. The Morgan fingerprint density at radius 1 is 1.06 bits per heavy atom. The molecular weight excluding hydrogens is 450 g/mol. The normalized spacial score (nSPS) is 19.0. The molecule has 2 heterocycles. The fraction of sp³-hybridized carbons (Fsp3) is 0.192. The van der Waals surface area contributed by atoms with Crippen LogP contribution >= 0.6 is 11.8 Å². The first-order valence-corrected chi connectivity index (χ1v) is 11.8. The lowest BCUT2D eigenvalue weighted by atomic mass is 10.0. The minimum atomic E-state index is -1.26. The molecule has 34 heavy (non-hydrogen) atoms. The molecule has 1 N–H and O–H groups in total. The first-order chi connectivity index (χ1) is 16.4. The Kier molecular flexibility index (Phi) is 5.53. The van der Waals surface area contributed by atoms with Gasteiger partial charge in [-0.25, -0.2) is 0 Å². The number of methoxy groups -OCH3 is 1. The van der Waals surface area contributed by atoms with Crippen LogP contribution in [-0.2, 0) is 19.3 Å². The van der Waals surface area contributed by atoms with Crippen molar-refractivity contribution in [3.63, 3.8) is 0 Å². The number of para-hydroxylation sites is 1. The topological polar surface area (TPSA) is 79.0 Å². The number of hydrogen-bond donors (Lipinski definition) is 1. The lowest BCUT2D eigenvalue weighted by molar-refractivity contribution is -0.124. The Hall–Kier alpha value is -3.78. The van der Waals surface area contributed by atoms with E-state index in [9.17, 15) is 14.4 Å². The lowest BCUT2D eigenvalue weighted by Crippen LogP contribution is -2.50. The first kappa shape index (κ1) is 22.0. The highest BCUT2D eigenvalue weighted by Gasteiger charge is 2.61. The molecule has 3 aromatic carbocycles. The van der Waals surface area contributed by atoms with Crippen LogP contribution in [-0.4, -0.2) is 37.1 Å². The largest absolute Gasteiger partial charge is 0.497 e. The molecule has 172 valence electrons. The number of benzene rings is 3. The van der Waals surface area contributed by atoms with Gasteiger partial charge in [0.25, 0.3) is 5.91 Å². The molecule has 2 aliphatic heterocycles. The van der Waals surface area contributed by atoms with Crippen molar-refractivity contribution in [2.24, 2.45) is 0 Å². The van der Waals surface area contributed by atoms with Gasteiger partial charge < -0.3 is 10.1 Å². The molecule has 0 saturated carbocycles. The molecule has 0 aromatic heterocycles. The smallest absolute Gasteiger partial charge is 0.269 e. The van der Waals surface area contributed by atoms with Crippen LogP contribution in [0.3, 0.4) is 0 Å². The van der Waals surface area contributed by atoms with E-state index in [0.717, 1.165) is 5.56 Å². The molecule has 0 radical (unpaired) electrons. The van der Waals surface area contributed by atoms with Gasteiger partial charge in [-0.15, -0.1) is 11.8 Å². The zero-order valence-electron chi connectivity index (χ0n) is 18.8. The van der Waals surface area contributed by atoms with Gasteiger partial charge in [0.15, 0.2) is 0 Å². The van der Waals surface area contributed by atoms with E-state index in [0.29, 0.717) is 28.4 Å². The molecule has 7 nitrogen and oxygen atoms in total. The number of ether oxygens (including phenoxy) is 1. The van der Waals surface area contributed by atoms with Gasteiger partial charge in [0.1, 0.15) is 12.3 Å². The summed E-state index contributed by atoms with van der Waals surface area (Å²) in [5, 5.41) is 2.87. The SMILES string of the molecule is COc1ccc(N2C(=O)CSC23C(=O)N(CC(=O)Nc2cccc(C)c2)c2ccccc23)cc1.